The van der Waals surface area contributed by atoms with E-state index in [4.69, 9.17) is 9.47 Å². The SMILES string of the molecule is Cc1n[nH]c(C)c1CNC(=O)CN1CC2(CCOCC2)Oc2ccccc2C1=O. The van der Waals surface area contributed by atoms with E-state index in [-0.39, 0.29) is 18.4 Å². The van der Waals surface area contributed by atoms with E-state index in [2.05, 4.69) is 15.5 Å². The van der Waals surface area contributed by atoms with Crippen LogP contribution in [0.2, 0.25) is 0 Å². The Balaban J connectivity index is 1.52. The summed E-state index contributed by atoms with van der Waals surface area (Å²) in [7, 11) is 0. The summed E-state index contributed by atoms with van der Waals surface area (Å²) in [6.45, 7) is 5.69. The zero-order valence-electron chi connectivity index (χ0n) is 16.8. The number of aryl methyl sites for hydroxylation is 2. The highest BCUT2D eigenvalue weighted by molar-refractivity contribution is 5.99. The Bertz CT molecular complexity index is 898. The van der Waals surface area contributed by atoms with E-state index in [0.717, 1.165) is 17.0 Å². The van der Waals surface area contributed by atoms with Gasteiger partial charge in [-0.2, -0.15) is 5.10 Å². The van der Waals surface area contributed by atoms with Gasteiger partial charge < -0.3 is 19.7 Å². The van der Waals surface area contributed by atoms with Crippen molar-refractivity contribution in [1.29, 1.82) is 0 Å². The summed E-state index contributed by atoms with van der Waals surface area (Å²) in [6, 6.07) is 7.24. The average Bonchev–Trinajstić information content (AvgIpc) is 2.98. The van der Waals surface area contributed by atoms with Gasteiger partial charge in [0.1, 0.15) is 17.9 Å². The maximum absolute atomic E-state index is 13.2. The highest BCUT2D eigenvalue weighted by Gasteiger charge is 2.42. The molecular weight excluding hydrogens is 372 g/mol. The van der Waals surface area contributed by atoms with Crippen LogP contribution in [0.5, 0.6) is 5.75 Å². The largest absolute Gasteiger partial charge is 0.484 e. The monoisotopic (exact) mass is 398 g/mol. The first kappa shape index (κ1) is 19.4. The Hall–Kier alpha value is -2.87. The van der Waals surface area contributed by atoms with Crippen LogP contribution in [-0.2, 0) is 16.1 Å². The van der Waals surface area contributed by atoms with Crippen molar-refractivity contribution >= 4 is 11.8 Å². The van der Waals surface area contributed by atoms with Gasteiger partial charge in [0.25, 0.3) is 5.91 Å². The number of hydrogen-bond donors (Lipinski definition) is 2. The lowest BCUT2D eigenvalue weighted by Crippen LogP contribution is -2.52. The van der Waals surface area contributed by atoms with E-state index >= 15 is 0 Å². The van der Waals surface area contributed by atoms with Gasteiger partial charge in [0.05, 0.1) is 31.0 Å². The van der Waals surface area contributed by atoms with E-state index in [0.29, 0.717) is 50.5 Å². The van der Waals surface area contributed by atoms with Crippen molar-refractivity contribution in [2.75, 3.05) is 26.3 Å². The van der Waals surface area contributed by atoms with E-state index in [1.807, 2.05) is 32.0 Å². The van der Waals surface area contributed by atoms with Gasteiger partial charge in [-0.3, -0.25) is 14.7 Å². The molecule has 2 aliphatic rings. The Morgan fingerprint density at radius 2 is 2.03 bits per heavy atom. The van der Waals surface area contributed by atoms with Gasteiger partial charge in [0, 0.05) is 30.6 Å². The fourth-order valence-electron chi connectivity index (χ4n) is 3.97. The number of ether oxygens (including phenoxy) is 2. The molecule has 1 aromatic heterocycles. The van der Waals surface area contributed by atoms with E-state index in [1.54, 1.807) is 11.0 Å². The number of hydrogen-bond acceptors (Lipinski definition) is 5. The number of aromatic nitrogens is 2. The number of benzene rings is 1. The van der Waals surface area contributed by atoms with Crippen LogP contribution in [-0.4, -0.2) is 58.8 Å². The second kappa shape index (κ2) is 7.87. The molecule has 0 saturated carbocycles. The molecule has 0 radical (unpaired) electrons. The third kappa shape index (κ3) is 3.98. The molecule has 1 aromatic carbocycles. The molecule has 8 nitrogen and oxygen atoms in total. The first-order valence-electron chi connectivity index (χ1n) is 9.90. The highest BCUT2D eigenvalue weighted by atomic mass is 16.5. The number of amides is 2. The third-order valence-electron chi connectivity index (χ3n) is 5.69. The van der Waals surface area contributed by atoms with Gasteiger partial charge in [-0.25, -0.2) is 0 Å². The Morgan fingerprint density at radius 1 is 1.28 bits per heavy atom. The lowest BCUT2D eigenvalue weighted by Gasteiger charge is -2.38. The minimum absolute atomic E-state index is 0.0188. The zero-order chi connectivity index (χ0) is 20.4. The minimum Gasteiger partial charge on any atom is -0.484 e. The predicted molar refractivity (Wildman–Crippen MR) is 106 cm³/mol. The molecule has 154 valence electrons. The first-order chi connectivity index (χ1) is 14.0. The molecule has 1 spiro atoms. The molecular formula is C21H26N4O4. The van der Waals surface area contributed by atoms with Crippen molar-refractivity contribution < 1.29 is 19.1 Å². The lowest BCUT2D eigenvalue weighted by atomic mass is 9.93. The second-order valence-corrected chi connectivity index (χ2v) is 7.74. The van der Waals surface area contributed by atoms with E-state index < -0.39 is 5.60 Å². The lowest BCUT2D eigenvalue weighted by molar-refractivity contribution is -0.122. The molecule has 2 amide bonds. The van der Waals surface area contributed by atoms with Crippen LogP contribution in [0.4, 0.5) is 0 Å². The smallest absolute Gasteiger partial charge is 0.258 e. The van der Waals surface area contributed by atoms with Gasteiger partial charge in [-0.1, -0.05) is 12.1 Å². The van der Waals surface area contributed by atoms with Crippen molar-refractivity contribution in [2.24, 2.45) is 0 Å². The van der Waals surface area contributed by atoms with Crippen molar-refractivity contribution in [3.05, 3.63) is 46.8 Å². The van der Waals surface area contributed by atoms with E-state index in [1.165, 1.54) is 0 Å². The molecule has 8 heteroatoms. The number of H-pyrrole nitrogens is 1. The maximum atomic E-state index is 13.2. The van der Waals surface area contributed by atoms with Crippen LogP contribution in [0, 0.1) is 13.8 Å². The number of carbonyl (C=O) groups excluding carboxylic acids is 2. The molecule has 0 unspecified atom stereocenters. The Kier molecular flexibility index (Phi) is 5.27. The molecule has 2 aromatic rings. The van der Waals surface area contributed by atoms with Crippen molar-refractivity contribution in [2.45, 2.75) is 38.8 Å². The molecule has 0 atom stereocenters. The van der Waals surface area contributed by atoms with Crippen LogP contribution in [0.15, 0.2) is 24.3 Å². The summed E-state index contributed by atoms with van der Waals surface area (Å²) in [6.07, 6.45) is 1.36. The quantitative estimate of drug-likeness (QED) is 0.818. The molecule has 3 heterocycles. The number of fused-ring (bicyclic) bond motifs is 1. The van der Waals surface area contributed by atoms with Crippen LogP contribution in [0.1, 0.15) is 40.2 Å². The van der Waals surface area contributed by atoms with Crippen LogP contribution < -0.4 is 10.1 Å². The molecule has 2 aliphatic heterocycles. The molecule has 0 bridgehead atoms. The van der Waals surface area contributed by atoms with Crippen molar-refractivity contribution in [3.8, 4) is 5.75 Å². The van der Waals surface area contributed by atoms with Gasteiger partial charge >= 0.3 is 0 Å². The summed E-state index contributed by atoms with van der Waals surface area (Å²) in [4.78, 5) is 27.4. The molecule has 0 aliphatic carbocycles. The molecule has 29 heavy (non-hydrogen) atoms. The normalized spacial score (nSPS) is 18.1. The van der Waals surface area contributed by atoms with E-state index in [9.17, 15) is 9.59 Å². The van der Waals surface area contributed by atoms with Crippen molar-refractivity contribution in [3.63, 3.8) is 0 Å². The van der Waals surface area contributed by atoms with Crippen LogP contribution in [0.25, 0.3) is 0 Å². The van der Waals surface area contributed by atoms with Gasteiger partial charge in [0.2, 0.25) is 5.91 Å². The molecule has 1 fully saturated rings. The summed E-state index contributed by atoms with van der Waals surface area (Å²) in [5.41, 5.74) is 2.72. The summed E-state index contributed by atoms with van der Waals surface area (Å²) in [5.74, 6) is 0.182. The highest BCUT2D eigenvalue weighted by Crippen LogP contribution is 2.34. The van der Waals surface area contributed by atoms with Gasteiger partial charge in [0.15, 0.2) is 0 Å². The van der Waals surface area contributed by atoms with Gasteiger partial charge in [-0.15, -0.1) is 0 Å². The van der Waals surface area contributed by atoms with Crippen LogP contribution in [0.3, 0.4) is 0 Å². The first-order valence-corrected chi connectivity index (χ1v) is 9.90. The topological polar surface area (TPSA) is 96.6 Å². The molecule has 1 saturated heterocycles. The predicted octanol–water partition coefficient (Wildman–Crippen LogP) is 1.73. The maximum Gasteiger partial charge on any atom is 0.258 e. The molecule has 2 N–H and O–H groups in total. The van der Waals surface area contributed by atoms with Crippen LogP contribution >= 0.6 is 0 Å². The summed E-state index contributed by atoms with van der Waals surface area (Å²) in [5, 5.41) is 9.97. The minimum atomic E-state index is -0.529. The number of nitrogens with one attached hydrogen (secondary N) is 2. The average molecular weight is 398 g/mol. The number of nitrogens with zero attached hydrogens (tertiary/aromatic N) is 2. The van der Waals surface area contributed by atoms with Crippen molar-refractivity contribution in [1.82, 2.24) is 20.4 Å². The fourth-order valence-corrected chi connectivity index (χ4v) is 3.97. The summed E-state index contributed by atoms with van der Waals surface area (Å²) >= 11 is 0. The number of rotatable bonds is 4. The Labute approximate surface area is 169 Å². The second-order valence-electron chi connectivity index (χ2n) is 7.74. The Morgan fingerprint density at radius 3 is 2.76 bits per heavy atom. The number of para-hydroxylation sites is 1. The van der Waals surface area contributed by atoms with Gasteiger partial charge in [-0.05, 0) is 26.0 Å². The molecule has 4 rings (SSSR count). The standard InChI is InChI=1S/C21H26N4O4/c1-14-17(15(2)24-23-14)11-22-19(26)12-25-13-21(7-9-28-10-8-21)29-18-6-4-3-5-16(18)20(25)27/h3-6H,7-13H2,1-2H3,(H,22,26)(H,23,24). The summed E-state index contributed by atoms with van der Waals surface area (Å²) < 4.78 is 11.8. The number of aromatic amines is 1. The zero-order valence-corrected chi connectivity index (χ0v) is 16.8. The third-order valence-corrected chi connectivity index (χ3v) is 5.69. The number of carbonyl (C=O) groups is 2. The fraction of sp³-hybridized carbons (Fsp3) is 0.476.